The number of carbonyl (C=O) groups excluding carboxylic acids is 2. The third kappa shape index (κ3) is 10.1. The summed E-state index contributed by atoms with van der Waals surface area (Å²) in [6, 6.07) is 18.5. The molecule has 1 aliphatic heterocycles. The highest BCUT2D eigenvalue weighted by Gasteiger charge is 2.22. The van der Waals surface area contributed by atoms with Gasteiger partial charge in [0, 0.05) is 57.2 Å². The van der Waals surface area contributed by atoms with E-state index < -0.39 is 11.8 Å². The van der Waals surface area contributed by atoms with E-state index in [9.17, 15) is 9.59 Å². The molecular formula is C30H46N6O2. The Morgan fingerprint density at radius 3 is 2.03 bits per heavy atom. The lowest BCUT2D eigenvalue weighted by Crippen LogP contribution is -2.47. The number of anilines is 2. The normalized spacial score (nSPS) is 14.2. The Hall–Kier alpha value is -2.94. The summed E-state index contributed by atoms with van der Waals surface area (Å²) in [6.07, 6.45) is 2.74. The lowest BCUT2D eigenvalue weighted by molar-refractivity contribution is -0.143. The first-order valence-electron chi connectivity index (χ1n) is 13.8. The van der Waals surface area contributed by atoms with E-state index in [2.05, 4.69) is 61.3 Å². The first-order valence-corrected chi connectivity index (χ1v) is 13.8. The summed E-state index contributed by atoms with van der Waals surface area (Å²) in [6.45, 7) is 7.87. The van der Waals surface area contributed by atoms with Crippen molar-refractivity contribution in [2.24, 2.45) is 0 Å². The zero-order valence-corrected chi connectivity index (χ0v) is 23.7. The second-order valence-corrected chi connectivity index (χ2v) is 10.7. The average Bonchev–Trinajstić information content (AvgIpc) is 2.91. The van der Waals surface area contributed by atoms with Gasteiger partial charge in [-0.2, -0.15) is 0 Å². The topological polar surface area (TPSA) is 62.4 Å². The standard InChI is InChI=1S/C30H46N6O2/c1-32(2)16-9-18-36(19-10-17-33(3)4)30(38)29(37)31-27-13-8-14-28(25-27)35-23-21-34(22-24-35)20-15-26-11-6-5-7-12-26/h5-8,11-14,25H,9-10,15-24H2,1-4H3,(H,31,37). The molecule has 38 heavy (non-hydrogen) atoms. The molecule has 0 spiro atoms. The maximum atomic E-state index is 13.1. The van der Waals surface area contributed by atoms with Crippen molar-refractivity contribution in [3.63, 3.8) is 0 Å². The molecule has 0 atom stereocenters. The van der Waals surface area contributed by atoms with Crippen LogP contribution in [0.25, 0.3) is 0 Å². The average molecular weight is 523 g/mol. The zero-order chi connectivity index (χ0) is 27.3. The Balaban J connectivity index is 1.51. The smallest absolute Gasteiger partial charge is 0.313 e. The van der Waals surface area contributed by atoms with Gasteiger partial charge in [0.25, 0.3) is 0 Å². The first-order chi connectivity index (χ1) is 18.3. The van der Waals surface area contributed by atoms with Crippen molar-refractivity contribution in [1.29, 1.82) is 0 Å². The molecule has 1 N–H and O–H groups in total. The Kier molecular flexibility index (Phi) is 12.1. The summed E-state index contributed by atoms with van der Waals surface area (Å²) in [5.41, 5.74) is 3.11. The molecular weight excluding hydrogens is 476 g/mol. The van der Waals surface area contributed by atoms with Crippen LogP contribution in [0.3, 0.4) is 0 Å². The van der Waals surface area contributed by atoms with Crippen molar-refractivity contribution >= 4 is 23.2 Å². The predicted molar refractivity (Wildman–Crippen MR) is 157 cm³/mol. The van der Waals surface area contributed by atoms with Gasteiger partial charge in [0.2, 0.25) is 0 Å². The Morgan fingerprint density at radius 2 is 1.42 bits per heavy atom. The van der Waals surface area contributed by atoms with Crippen LogP contribution in [0, 0.1) is 0 Å². The monoisotopic (exact) mass is 522 g/mol. The Bertz CT molecular complexity index is 975. The minimum Gasteiger partial charge on any atom is -0.369 e. The van der Waals surface area contributed by atoms with Crippen LogP contribution in [0.15, 0.2) is 54.6 Å². The van der Waals surface area contributed by atoms with Crippen LogP contribution < -0.4 is 10.2 Å². The number of piperazine rings is 1. The molecule has 1 heterocycles. The minimum absolute atomic E-state index is 0.458. The van der Waals surface area contributed by atoms with E-state index in [4.69, 9.17) is 0 Å². The van der Waals surface area contributed by atoms with E-state index in [0.717, 1.165) is 70.8 Å². The lowest BCUT2D eigenvalue weighted by Gasteiger charge is -2.36. The first kappa shape index (κ1) is 29.6. The second kappa shape index (κ2) is 15.5. The van der Waals surface area contributed by atoms with Crippen LogP contribution in [-0.4, -0.2) is 119 Å². The Morgan fingerprint density at radius 1 is 0.789 bits per heavy atom. The van der Waals surface area contributed by atoms with Crippen LogP contribution in [-0.2, 0) is 16.0 Å². The SMILES string of the molecule is CN(C)CCCN(CCCN(C)C)C(=O)C(=O)Nc1cccc(N2CCN(CCc3ccccc3)CC2)c1. The van der Waals surface area contributed by atoms with E-state index in [0.29, 0.717) is 18.8 Å². The Labute approximate surface area is 229 Å². The molecule has 3 rings (SSSR count). The fourth-order valence-corrected chi connectivity index (χ4v) is 4.74. The molecule has 8 nitrogen and oxygen atoms in total. The van der Waals surface area contributed by atoms with Gasteiger partial charge >= 0.3 is 11.8 Å². The largest absolute Gasteiger partial charge is 0.369 e. The quantitative estimate of drug-likeness (QED) is 0.408. The zero-order valence-electron chi connectivity index (χ0n) is 23.7. The summed E-state index contributed by atoms with van der Waals surface area (Å²) in [4.78, 5) is 36.7. The van der Waals surface area contributed by atoms with Gasteiger partial charge in [-0.05, 0) is 84.3 Å². The van der Waals surface area contributed by atoms with Gasteiger partial charge in [0.15, 0.2) is 0 Å². The molecule has 1 fully saturated rings. The van der Waals surface area contributed by atoms with Crippen molar-refractivity contribution in [2.75, 3.05) is 97.3 Å². The third-order valence-electron chi connectivity index (χ3n) is 6.95. The van der Waals surface area contributed by atoms with E-state index >= 15 is 0 Å². The van der Waals surface area contributed by atoms with Gasteiger partial charge < -0.3 is 24.9 Å². The number of hydrogen-bond donors (Lipinski definition) is 1. The summed E-state index contributed by atoms with van der Waals surface area (Å²) in [7, 11) is 8.07. The van der Waals surface area contributed by atoms with Crippen LogP contribution in [0.5, 0.6) is 0 Å². The van der Waals surface area contributed by atoms with Crippen molar-refractivity contribution < 1.29 is 9.59 Å². The van der Waals surface area contributed by atoms with Gasteiger partial charge in [0.05, 0.1) is 0 Å². The van der Waals surface area contributed by atoms with E-state index in [-0.39, 0.29) is 0 Å². The third-order valence-corrected chi connectivity index (χ3v) is 6.95. The van der Waals surface area contributed by atoms with Crippen molar-refractivity contribution in [1.82, 2.24) is 19.6 Å². The number of amides is 2. The van der Waals surface area contributed by atoms with Crippen molar-refractivity contribution in [2.45, 2.75) is 19.3 Å². The maximum absolute atomic E-state index is 13.1. The molecule has 0 aromatic heterocycles. The van der Waals surface area contributed by atoms with E-state index in [1.54, 1.807) is 4.90 Å². The molecule has 8 heteroatoms. The molecule has 1 aliphatic rings. The number of nitrogens with zero attached hydrogens (tertiary/aromatic N) is 5. The molecule has 0 saturated carbocycles. The van der Waals surface area contributed by atoms with Crippen LogP contribution in [0.1, 0.15) is 18.4 Å². The molecule has 0 bridgehead atoms. The van der Waals surface area contributed by atoms with Gasteiger partial charge in [-0.25, -0.2) is 0 Å². The number of nitrogens with one attached hydrogen (secondary N) is 1. The molecule has 2 amide bonds. The van der Waals surface area contributed by atoms with E-state index in [1.165, 1.54) is 5.56 Å². The molecule has 2 aromatic rings. The van der Waals surface area contributed by atoms with Gasteiger partial charge in [0.1, 0.15) is 0 Å². The van der Waals surface area contributed by atoms with Crippen molar-refractivity contribution in [3.8, 4) is 0 Å². The fraction of sp³-hybridized carbons (Fsp3) is 0.533. The molecule has 0 aliphatic carbocycles. The molecule has 0 radical (unpaired) electrons. The van der Waals surface area contributed by atoms with E-state index in [1.807, 2.05) is 46.4 Å². The highest BCUT2D eigenvalue weighted by atomic mass is 16.2. The molecule has 2 aromatic carbocycles. The van der Waals surface area contributed by atoms with Gasteiger partial charge in [-0.3, -0.25) is 14.5 Å². The number of benzene rings is 2. The number of carbonyl (C=O) groups is 2. The minimum atomic E-state index is -0.567. The summed E-state index contributed by atoms with van der Waals surface area (Å²) in [5.74, 6) is -1.03. The molecule has 208 valence electrons. The van der Waals surface area contributed by atoms with Crippen molar-refractivity contribution in [3.05, 3.63) is 60.2 Å². The lowest BCUT2D eigenvalue weighted by atomic mass is 10.1. The summed E-state index contributed by atoms with van der Waals surface area (Å²) in [5, 5.41) is 2.86. The van der Waals surface area contributed by atoms with Crippen LogP contribution in [0.4, 0.5) is 11.4 Å². The summed E-state index contributed by atoms with van der Waals surface area (Å²) < 4.78 is 0. The number of rotatable bonds is 13. The highest BCUT2D eigenvalue weighted by Crippen LogP contribution is 2.21. The predicted octanol–water partition coefficient (Wildman–Crippen LogP) is 2.72. The fourth-order valence-electron chi connectivity index (χ4n) is 4.74. The molecule has 1 saturated heterocycles. The van der Waals surface area contributed by atoms with Gasteiger partial charge in [-0.15, -0.1) is 0 Å². The highest BCUT2D eigenvalue weighted by molar-refractivity contribution is 6.39. The second-order valence-electron chi connectivity index (χ2n) is 10.7. The van der Waals surface area contributed by atoms with Crippen LogP contribution in [0.2, 0.25) is 0 Å². The molecule has 0 unspecified atom stereocenters. The van der Waals surface area contributed by atoms with Crippen LogP contribution >= 0.6 is 0 Å². The van der Waals surface area contributed by atoms with Gasteiger partial charge in [-0.1, -0.05) is 36.4 Å². The maximum Gasteiger partial charge on any atom is 0.313 e. The summed E-state index contributed by atoms with van der Waals surface area (Å²) >= 11 is 0. The number of hydrogen-bond acceptors (Lipinski definition) is 6.